The van der Waals surface area contributed by atoms with Crippen molar-refractivity contribution in [3.8, 4) is 0 Å². The van der Waals surface area contributed by atoms with Gasteiger partial charge in [-0.05, 0) is 12.1 Å². The molecular weight excluding hydrogens is 281 g/mol. The summed E-state index contributed by atoms with van der Waals surface area (Å²) in [6.45, 7) is 0.199. The van der Waals surface area contributed by atoms with Gasteiger partial charge in [0.1, 0.15) is 5.84 Å². The van der Waals surface area contributed by atoms with Gasteiger partial charge in [-0.2, -0.15) is 0 Å². The van der Waals surface area contributed by atoms with E-state index in [9.17, 15) is 0 Å². The van der Waals surface area contributed by atoms with Crippen LogP contribution in [0.2, 0.25) is 0 Å². The van der Waals surface area contributed by atoms with Gasteiger partial charge < -0.3 is 5.11 Å². The standard InChI is InChI=1S/C9H12BrN3O.ClH/c10-8-3-1-7(2-4-8)9(11)13(12)5-6-14;/h1-4,11,14H,5-6,12H2;1H. The van der Waals surface area contributed by atoms with Crippen molar-refractivity contribution >= 4 is 34.2 Å². The second-order valence-corrected chi connectivity index (χ2v) is 3.69. The lowest BCUT2D eigenvalue weighted by atomic mass is 10.2. The van der Waals surface area contributed by atoms with Crippen LogP contribution in [0.15, 0.2) is 28.7 Å². The molecule has 0 saturated heterocycles. The number of amidine groups is 1. The number of hydrogen-bond acceptors (Lipinski definition) is 3. The van der Waals surface area contributed by atoms with Gasteiger partial charge in [0.15, 0.2) is 0 Å². The molecule has 84 valence electrons. The number of aliphatic hydroxyl groups excluding tert-OH is 1. The van der Waals surface area contributed by atoms with Crippen LogP contribution in [0.1, 0.15) is 5.56 Å². The maximum Gasteiger partial charge on any atom is 0.142 e. The van der Waals surface area contributed by atoms with Gasteiger partial charge in [0.25, 0.3) is 0 Å². The molecule has 0 aliphatic carbocycles. The molecule has 0 bridgehead atoms. The molecule has 0 spiro atoms. The molecule has 4 N–H and O–H groups in total. The Balaban J connectivity index is 0.00000196. The molecule has 0 atom stereocenters. The van der Waals surface area contributed by atoms with E-state index in [0.717, 1.165) is 10.0 Å². The van der Waals surface area contributed by atoms with Gasteiger partial charge >= 0.3 is 0 Å². The molecule has 4 nitrogen and oxygen atoms in total. The van der Waals surface area contributed by atoms with E-state index in [-0.39, 0.29) is 31.4 Å². The quantitative estimate of drug-likeness (QED) is 0.341. The molecule has 15 heavy (non-hydrogen) atoms. The summed E-state index contributed by atoms with van der Waals surface area (Å²) in [5.41, 5.74) is 0.726. The van der Waals surface area contributed by atoms with Crippen LogP contribution in [0, 0.1) is 5.41 Å². The van der Waals surface area contributed by atoms with Crippen LogP contribution in [-0.2, 0) is 0 Å². The average Bonchev–Trinajstić information content (AvgIpc) is 2.18. The summed E-state index contributed by atoms with van der Waals surface area (Å²) >= 11 is 3.31. The van der Waals surface area contributed by atoms with E-state index < -0.39 is 0 Å². The average molecular weight is 295 g/mol. The third kappa shape index (κ3) is 4.17. The first kappa shape index (κ1) is 14.4. The molecular formula is C9H13BrClN3O. The Bertz CT molecular complexity index is 318. The minimum absolute atomic E-state index is 0. The molecule has 0 fully saturated rings. The Morgan fingerprint density at radius 3 is 2.40 bits per heavy atom. The minimum Gasteiger partial charge on any atom is -0.394 e. The predicted molar refractivity (Wildman–Crippen MR) is 66.2 cm³/mol. The molecule has 0 aliphatic heterocycles. The summed E-state index contributed by atoms with van der Waals surface area (Å²) in [5.74, 6) is 5.74. The van der Waals surface area contributed by atoms with E-state index >= 15 is 0 Å². The van der Waals surface area contributed by atoms with Crippen molar-refractivity contribution < 1.29 is 5.11 Å². The van der Waals surface area contributed by atoms with E-state index in [1.807, 2.05) is 12.1 Å². The number of benzene rings is 1. The Morgan fingerprint density at radius 2 is 1.93 bits per heavy atom. The van der Waals surface area contributed by atoms with Gasteiger partial charge in [-0.25, -0.2) is 5.84 Å². The second-order valence-electron chi connectivity index (χ2n) is 2.77. The first-order chi connectivity index (χ1) is 6.65. The molecule has 0 radical (unpaired) electrons. The molecule has 0 aromatic heterocycles. The number of halogens is 2. The first-order valence-corrected chi connectivity index (χ1v) is 4.92. The molecule has 1 aromatic rings. The highest BCUT2D eigenvalue weighted by atomic mass is 79.9. The smallest absolute Gasteiger partial charge is 0.142 e. The van der Waals surface area contributed by atoms with Crippen molar-refractivity contribution in [2.24, 2.45) is 5.84 Å². The summed E-state index contributed by atoms with van der Waals surface area (Å²) in [6, 6.07) is 7.28. The van der Waals surface area contributed by atoms with Crippen LogP contribution in [0.25, 0.3) is 0 Å². The van der Waals surface area contributed by atoms with Crippen molar-refractivity contribution in [2.45, 2.75) is 0 Å². The third-order valence-corrected chi connectivity index (χ3v) is 2.27. The maximum absolute atomic E-state index is 8.65. The van der Waals surface area contributed by atoms with Gasteiger partial charge in [-0.15, -0.1) is 12.4 Å². The Kier molecular flexibility index (Phi) is 6.51. The normalized spacial score (nSPS) is 9.27. The number of hydrazine groups is 1. The highest BCUT2D eigenvalue weighted by Gasteiger charge is 2.06. The van der Waals surface area contributed by atoms with Crippen LogP contribution in [0.5, 0.6) is 0 Å². The van der Waals surface area contributed by atoms with Crippen molar-refractivity contribution in [1.29, 1.82) is 5.41 Å². The fourth-order valence-electron chi connectivity index (χ4n) is 0.993. The lowest BCUT2D eigenvalue weighted by Crippen LogP contribution is -2.39. The Labute approximate surface area is 103 Å². The minimum atomic E-state index is -0.0601. The number of rotatable bonds is 3. The highest BCUT2D eigenvalue weighted by molar-refractivity contribution is 9.10. The molecule has 1 aromatic carbocycles. The summed E-state index contributed by atoms with van der Waals surface area (Å²) in [6.07, 6.45) is 0. The van der Waals surface area contributed by atoms with E-state index in [4.69, 9.17) is 16.4 Å². The zero-order valence-corrected chi connectivity index (χ0v) is 10.4. The SMILES string of the molecule is Cl.N=C(c1ccc(Br)cc1)N(N)CCO. The van der Waals surface area contributed by atoms with E-state index in [1.165, 1.54) is 5.01 Å². The van der Waals surface area contributed by atoms with Gasteiger partial charge in [0.2, 0.25) is 0 Å². The first-order valence-electron chi connectivity index (χ1n) is 4.12. The molecule has 6 heteroatoms. The molecule has 1 rings (SSSR count). The zero-order valence-electron chi connectivity index (χ0n) is 7.98. The van der Waals surface area contributed by atoms with Crippen molar-refractivity contribution in [1.82, 2.24) is 5.01 Å². The van der Waals surface area contributed by atoms with Crippen molar-refractivity contribution in [3.63, 3.8) is 0 Å². The van der Waals surface area contributed by atoms with Gasteiger partial charge in [0, 0.05) is 10.0 Å². The van der Waals surface area contributed by atoms with Gasteiger partial charge in [0.05, 0.1) is 13.2 Å². The maximum atomic E-state index is 8.65. The fraction of sp³-hybridized carbons (Fsp3) is 0.222. The van der Waals surface area contributed by atoms with Gasteiger partial charge in [-0.3, -0.25) is 10.4 Å². The summed E-state index contributed by atoms with van der Waals surface area (Å²) in [4.78, 5) is 0. The monoisotopic (exact) mass is 293 g/mol. The Morgan fingerprint density at radius 1 is 1.40 bits per heavy atom. The predicted octanol–water partition coefficient (Wildman–Crippen LogP) is 1.36. The number of aliphatic hydroxyl groups is 1. The third-order valence-electron chi connectivity index (χ3n) is 1.75. The van der Waals surface area contributed by atoms with Crippen LogP contribution in [-0.4, -0.2) is 29.1 Å². The van der Waals surface area contributed by atoms with Crippen molar-refractivity contribution in [3.05, 3.63) is 34.3 Å². The van der Waals surface area contributed by atoms with Crippen LogP contribution in [0.4, 0.5) is 0 Å². The lowest BCUT2D eigenvalue weighted by Gasteiger charge is -2.17. The highest BCUT2D eigenvalue weighted by Crippen LogP contribution is 2.11. The molecule has 0 saturated carbocycles. The summed E-state index contributed by atoms with van der Waals surface area (Å²) < 4.78 is 0.958. The number of hydrogen-bond donors (Lipinski definition) is 3. The molecule has 0 aliphatic rings. The van der Waals surface area contributed by atoms with Gasteiger partial charge in [-0.1, -0.05) is 28.1 Å². The van der Waals surface area contributed by atoms with E-state index in [1.54, 1.807) is 12.1 Å². The molecule has 0 heterocycles. The Hall–Kier alpha value is -0.620. The lowest BCUT2D eigenvalue weighted by molar-refractivity contribution is 0.251. The number of nitrogens with two attached hydrogens (primary N) is 1. The molecule has 0 unspecified atom stereocenters. The number of nitrogens with zero attached hydrogens (tertiary/aromatic N) is 1. The topological polar surface area (TPSA) is 73.3 Å². The summed E-state index contributed by atoms with van der Waals surface area (Å²) in [5, 5.41) is 17.5. The summed E-state index contributed by atoms with van der Waals surface area (Å²) in [7, 11) is 0. The van der Waals surface area contributed by atoms with Crippen LogP contribution < -0.4 is 5.84 Å². The van der Waals surface area contributed by atoms with Crippen LogP contribution >= 0.6 is 28.3 Å². The fourth-order valence-corrected chi connectivity index (χ4v) is 1.26. The van der Waals surface area contributed by atoms with E-state index in [0.29, 0.717) is 0 Å². The van der Waals surface area contributed by atoms with Crippen LogP contribution in [0.3, 0.4) is 0 Å². The van der Waals surface area contributed by atoms with E-state index in [2.05, 4.69) is 15.9 Å². The largest absolute Gasteiger partial charge is 0.394 e. The number of nitrogens with one attached hydrogen (secondary N) is 1. The van der Waals surface area contributed by atoms with Crippen molar-refractivity contribution in [2.75, 3.05) is 13.2 Å². The zero-order chi connectivity index (χ0) is 10.6. The second kappa shape index (κ2) is 6.79. The molecule has 0 amide bonds.